The van der Waals surface area contributed by atoms with Crippen molar-refractivity contribution in [1.29, 1.82) is 0 Å². The van der Waals surface area contributed by atoms with E-state index in [9.17, 15) is 14.8 Å². The molecule has 0 bridgehead atoms. The fourth-order valence-electron chi connectivity index (χ4n) is 2.87. The number of aliphatic hydroxyl groups excluding tert-OH is 1. The lowest BCUT2D eigenvalue weighted by Gasteiger charge is -2.27. The third kappa shape index (κ3) is 3.13. The summed E-state index contributed by atoms with van der Waals surface area (Å²) in [5.74, 6) is 0.136. The first-order chi connectivity index (χ1) is 11.5. The van der Waals surface area contributed by atoms with Crippen LogP contribution < -0.4 is 5.73 Å². The number of phosphoric ester groups is 1. The number of imidazole rings is 1. The molecule has 1 unspecified atom stereocenters. The van der Waals surface area contributed by atoms with Crippen molar-refractivity contribution in [2.75, 3.05) is 5.73 Å². The van der Waals surface area contributed by atoms with Gasteiger partial charge in [-0.1, -0.05) is 0 Å². The molecular weight excluding hydrogens is 357 g/mol. The number of hydrogen-bond donors (Lipinski definition) is 5. The fourth-order valence-corrected chi connectivity index (χ4v) is 3.43. The van der Waals surface area contributed by atoms with E-state index < -0.39 is 38.0 Å². The molecule has 0 aromatic carbocycles. The van der Waals surface area contributed by atoms with E-state index in [2.05, 4.69) is 19.5 Å². The number of aromatic nitrogens is 4. The molecule has 0 amide bonds. The smallest absolute Gasteiger partial charge is 0.387 e. The molecule has 1 aliphatic heterocycles. The van der Waals surface area contributed by atoms with Gasteiger partial charge >= 0.3 is 7.82 Å². The highest BCUT2D eigenvalue weighted by Gasteiger charge is 2.55. The molecule has 3 rings (SSSR count). The SMILES string of the molecule is CC(OP(=O)(O)O)[C@H]1O[C@@H](n2cnc3c(N)ncnc32)[C@](C)(O)[C@@H]1O. The predicted octanol–water partition coefficient (Wildman–Crippen LogP) is -1.08. The predicted molar refractivity (Wildman–Crippen MR) is 82.9 cm³/mol. The summed E-state index contributed by atoms with van der Waals surface area (Å²) >= 11 is 0. The van der Waals surface area contributed by atoms with Gasteiger partial charge in [0.15, 0.2) is 17.7 Å². The van der Waals surface area contributed by atoms with Crippen LogP contribution in [-0.2, 0) is 13.8 Å². The second-order valence-corrected chi connectivity index (χ2v) is 7.20. The Kier molecular flexibility index (Phi) is 4.32. The van der Waals surface area contributed by atoms with Gasteiger partial charge < -0.3 is 30.5 Å². The number of nitrogens with zero attached hydrogens (tertiary/aromatic N) is 4. The molecule has 2 aromatic heterocycles. The van der Waals surface area contributed by atoms with Gasteiger partial charge in [0.25, 0.3) is 0 Å². The Hall–Kier alpha value is -1.66. The minimum absolute atomic E-state index is 0.136. The topological polar surface area (TPSA) is 186 Å². The zero-order valence-electron chi connectivity index (χ0n) is 13.3. The monoisotopic (exact) mass is 375 g/mol. The average molecular weight is 375 g/mol. The van der Waals surface area contributed by atoms with E-state index in [0.717, 1.165) is 0 Å². The maximum atomic E-state index is 11.0. The van der Waals surface area contributed by atoms with E-state index in [1.165, 1.54) is 31.1 Å². The van der Waals surface area contributed by atoms with Crippen LogP contribution in [0.5, 0.6) is 0 Å². The summed E-state index contributed by atoms with van der Waals surface area (Å²) in [5, 5.41) is 21.1. The number of phosphoric acid groups is 1. The van der Waals surface area contributed by atoms with E-state index >= 15 is 0 Å². The van der Waals surface area contributed by atoms with E-state index in [4.69, 9.17) is 20.3 Å². The number of fused-ring (bicyclic) bond motifs is 1. The molecular formula is C12H18N5O7P. The van der Waals surface area contributed by atoms with Crippen LogP contribution in [0.3, 0.4) is 0 Å². The van der Waals surface area contributed by atoms with Crippen molar-refractivity contribution >= 4 is 24.8 Å². The molecule has 0 radical (unpaired) electrons. The van der Waals surface area contributed by atoms with Gasteiger partial charge in [-0.15, -0.1) is 0 Å². The van der Waals surface area contributed by atoms with Crippen molar-refractivity contribution in [3.63, 3.8) is 0 Å². The van der Waals surface area contributed by atoms with E-state index in [-0.39, 0.29) is 11.5 Å². The molecule has 0 aliphatic carbocycles. The summed E-state index contributed by atoms with van der Waals surface area (Å²) in [5.41, 5.74) is 4.47. The van der Waals surface area contributed by atoms with Crippen molar-refractivity contribution in [2.24, 2.45) is 0 Å². The molecule has 0 spiro atoms. The van der Waals surface area contributed by atoms with E-state index in [1.54, 1.807) is 0 Å². The maximum Gasteiger partial charge on any atom is 0.469 e. The standard InChI is InChI=1S/C12H18N5O7P/c1-5(24-25(20,21)22)7-8(18)12(2,19)11(23-7)17-4-16-6-9(13)14-3-15-10(6)17/h3-5,7-8,11,18-19H,1-2H3,(H2,13,14,15)(H2,20,21,22)/t5?,7-,8-,11-,12-/m1/s1. The first kappa shape index (κ1) is 18.1. The summed E-state index contributed by atoms with van der Waals surface area (Å²) in [6.07, 6.45) is -2.50. The fraction of sp³-hybridized carbons (Fsp3) is 0.583. The van der Waals surface area contributed by atoms with Gasteiger partial charge in [-0.3, -0.25) is 9.09 Å². The molecule has 0 saturated carbocycles. The second kappa shape index (κ2) is 5.95. The van der Waals surface area contributed by atoms with E-state index in [0.29, 0.717) is 5.52 Å². The summed E-state index contributed by atoms with van der Waals surface area (Å²) in [6.45, 7) is 2.64. The molecule has 1 saturated heterocycles. The number of nitrogens with two attached hydrogens (primary N) is 1. The second-order valence-electron chi connectivity index (χ2n) is 6.01. The van der Waals surface area contributed by atoms with Crippen LogP contribution >= 0.6 is 7.82 Å². The molecule has 5 atom stereocenters. The molecule has 2 aromatic rings. The first-order valence-corrected chi connectivity index (χ1v) is 8.78. The van der Waals surface area contributed by atoms with Gasteiger partial charge in [0.1, 0.15) is 29.7 Å². The van der Waals surface area contributed by atoms with Crippen molar-refractivity contribution in [1.82, 2.24) is 19.5 Å². The number of ether oxygens (including phenoxy) is 1. The van der Waals surface area contributed by atoms with Gasteiger partial charge in [0.05, 0.1) is 12.4 Å². The number of hydrogen-bond acceptors (Lipinski definition) is 9. The van der Waals surface area contributed by atoms with Crippen molar-refractivity contribution in [2.45, 2.75) is 44.0 Å². The molecule has 1 aliphatic rings. The summed E-state index contributed by atoms with van der Waals surface area (Å²) in [6, 6.07) is 0. The Labute approximate surface area is 141 Å². The summed E-state index contributed by atoms with van der Waals surface area (Å²) in [7, 11) is -4.80. The van der Waals surface area contributed by atoms with Gasteiger partial charge in [0.2, 0.25) is 0 Å². The van der Waals surface area contributed by atoms with Crippen molar-refractivity contribution in [3.05, 3.63) is 12.7 Å². The van der Waals surface area contributed by atoms with Gasteiger partial charge in [-0.05, 0) is 13.8 Å². The molecule has 6 N–H and O–H groups in total. The number of anilines is 1. The third-order valence-corrected chi connectivity index (χ3v) is 4.71. The maximum absolute atomic E-state index is 11.0. The summed E-state index contributed by atoms with van der Waals surface area (Å²) < 4.78 is 22.6. The van der Waals surface area contributed by atoms with Crippen LogP contribution in [-0.4, -0.2) is 63.4 Å². The molecule has 13 heteroatoms. The Morgan fingerprint density at radius 2 is 2.12 bits per heavy atom. The molecule has 25 heavy (non-hydrogen) atoms. The first-order valence-electron chi connectivity index (χ1n) is 7.25. The lowest BCUT2D eigenvalue weighted by Crippen LogP contribution is -2.46. The number of aliphatic hydroxyl groups is 2. The van der Waals surface area contributed by atoms with Crippen LogP contribution in [0.2, 0.25) is 0 Å². The van der Waals surface area contributed by atoms with E-state index in [1.807, 2.05) is 0 Å². The number of nitrogen functional groups attached to an aromatic ring is 1. The Bertz CT molecular complexity index is 836. The van der Waals surface area contributed by atoms with Gasteiger partial charge in [0, 0.05) is 0 Å². The minimum atomic E-state index is -4.80. The van der Waals surface area contributed by atoms with Crippen LogP contribution in [0, 0.1) is 0 Å². The highest BCUT2D eigenvalue weighted by atomic mass is 31.2. The van der Waals surface area contributed by atoms with Crippen LogP contribution in [0.1, 0.15) is 20.1 Å². The molecule has 1 fully saturated rings. The summed E-state index contributed by atoms with van der Waals surface area (Å²) in [4.78, 5) is 29.8. The van der Waals surface area contributed by atoms with Crippen molar-refractivity contribution in [3.8, 4) is 0 Å². The molecule has 3 heterocycles. The van der Waals surface area contributed by atoms with Crippen LogP contribution in [0.15, 0.2) is 12.7 Å². The Morgan fingerprint density at radius 1 is 1.44 bits per heavy atom. The van der Waals surface area contributed by atoms with Crippen LogP contribution in [0.4, 0.5) is 5.82 Å². The average Bonchev–Trinajstić information content (AvgIpc) is 2.99. The highest BCUT2D eigenvalue weighted by Crippen LogP contribution is 2.45. The highest BCUT2D eigenvalue weighted by molar-refractivity contribution is 7.46. The Morgan fingerprint density at radius 3 is 2.76 bits per heavy atom. The zero-order chi connectivity index (χ0) is 18.6. The van der Waals surface area contributed by atoms with Crippen LogP contribution in [0.25, 0.3) is 11.2 Å². The lowest BCUT2D eigenvalue weighted by atomic mass is 9.94. The molecule has 12 nitrogen and oxygen atoms in total. The lowest BCUT2D eigenvalue weighted by molar-refractivity contribution is -0.0982. The van der Waals surface area contributed by atoms with Crippen molar-refractivity contribution < 1.29 is 33.8 Å². The molecule has 138 valence electrons. The van der Waals surface area contributed by atoms with Gasteiger partial charge in [-0.25, -0.2) is 19.5 Å². The third-order valence-electron chi connectivity index (χ3n) is 4.10. The normalized spacial score (nSPS) is 31.5. The van der Waals surface area contributed by atoms with Gasteiger partial charge in [-0.2, -0.15) is 0 Å². The number of rotatable bonds is 4. The Balaban J connectivity index is 1.96. The largest absolute Gasteiger partial charge is 0.469 e. The minimum Gasteiger partial charge on any atom is -0.387 e. The zero-order valence-corrected chi connectivity index (χ0v) is 14.2. The quantitative estimate of drug-likeness (QED) is 0.409.